The lowest BCUT2D eigenvalue weighted by Crippen LogP contribution is -2.24. The van der Waals surface area contributed by atoms with Crippen molar-refractivity contribution in [3.05, 3.63) is 77.9 Å². The SMILES string of the molecule is O=C(NCc1ccncc1)c1ccnc(Nc2ccc(C(F)(F)F)cc2)n1. The molecule has 0 spiro atoms. The Balaban J connectivity index is 1.65. The summed E-state index contributed by atoms with van der Waals surface area (Å²) in [6.45, 7) is 0.313. The highest BCUT2D eigenvalue weighted by Gasteiger charge is 2.29. The minimum absolute atomic E-state index is 0.103. The van der Waals surface area contributed by atoms with Crippen LogP contribution in [-0.4, -0.2) is 20.9 Å². The summed E-state index contributed by atoms with van der Waals surface area (Å²) < 4.78 is 37.8. The average Bonchev–Trinajstić information content (AvgIpc) is 2.67. The van der Waals surface area contributed by atoms with Crippen molar-refractivity contribution in [3.8, 4) is 0 Å². The van der Waals surface area contributed by atoms with Crippen molar-refractivity contribution in [2.24, 2.45) is 0 Å². The monoisotopic (exact) mass is 373 g/mol. The lowest BCUT2D eigenvalue weighted by Gasteiger charge is -2.09. The first kappa shape index (κ1) is 18.3. The van der Waals surface area contributed by atoms with E-state index >= 15 is 0 Å². The van der Waals surface area contributed by atoms with Crippen molar-refractivity contribution in [3.63, 3.8) is 0 Å². The summed E-state index contributed by atoms with van der Waals surface area (Å²) in [5, 5.41) is 5.49. The molecule has 138 valence electrons. The first-order chi connectivity index (χ1) is 12.9. The van der Waals surface area contributed by atoms with Crippen LogP contribution >= 0.6 is 0 Å². The van der Waals surface area contributed by atoms with Crippen LogP contribution in [0.5, 0.6) is 0 Å². The Hall–Kier alpha value is -3.49. The molecular weight excluding hydrogens is 359 g/mol. The maximum absolute atomic E-state index is 12.6. The van der Waals surface area contributed by atoms with E-state index in [-0.39, 0.29) is 11.6 Å². The molecule has 2 aromatic heterocycles. The minimum atomic E-state index is -4.40. The summed E-state index contributed by atoms with van der Waals surface area (Å²) in [5.74, 6) is -0.295. The van der Waals surface area contributed by atoms with Gasteiger partial charge in [-0.1, -0.05) is 0 Å². The Morgan fingerprint density at radius 3 is 2.33 bits per heavy atom. The third-order valence-electron chi connectivity index (χ3n) is 3.56. The summed E-state index contributed by atoms with van der Waals surface area (Å²) in [6, 6.07) is 9.43. The molecule has 0 radical (unpaired) electrons. The van der Waals surface area contributed by atoms with Crippen molar-refractivity contribution >= 4 is 17.5 Å². The van der Waals surface area contributed by atoms with Gasteiger partial charge in [-0.3, -0.25) is 9.78 Å². The Bertz CT molecular complexity index is 914. The third kappa shape index (κ3) is 5.00. The zero-order valence-corrected chi connectivity index (χ0v) is 13.9. The van der Waals surface area contributed by atoms with E-state index in [1.807, 2.05) is 0 Å². The van der Waals surface area contributed by atoms with Crippen LogP contribution in [-0.2, 0) is 12.7 Å². The van der Waals surface area contributed by atoms with E-state index in [4.69, 9.17) is 0 Å². The Morgan fingerprint density at radius 1 is 0.963 bits per heavy atom. The molecule has 3 rings (SSSR count). The summed E-state index contributed by atoms with van der Waals surface area (Å²) in [7, 11) is 0. The van der Waals surface area contributed by atoms with Crippen molar-refractivity contribution in [2.75, 3.05) is 5.32 Å². The van der Waals surface area contributed by atoms with Crippen LogP contribution in [0, 0.1) is 0 Å². The molecule has 27 heavy (non-hydrogen) atoms. The number of amides is 1. The van der Waals surface area contributed by atoms with E-state index in [1.54, 1.807) is 24.5 Å². The van der Waals surface area contributed by atoms with Crippen molar-refractivity contribution < 1.29 is 18.0 Å². The molecule has 1 amide bonds. The van der Waals surface area contributed by atoms with Gasteiger partial charge < -0.3 is 10.6 Å². The number of carbonyl (C=O) groups excluding carboxylic acids is 1. The quantitative estimate of drug-likeness (QED) is 0.715. The van der Waals surface area contributed by atoms with E-state index in [2.05, 4.69) is 25.6 Å². The van der Waals surface area contributed by atoms with Gasteiger partial charge in [-0.2, -0.15) is 13.2 Å². The molecule has 2 heterocycles. The van der Waals surface area contributed by atoms with Crippen LogP contribution in [0.1, 0.15) is 21.6 Å². The number of halogens is 3. The highest BCUT2D eigenvalue weighted by molar-refractivity contribution is 5.92. The second-order valence-corrected chi connectivity index (χ2v) is 5.50. The third-order valence-corrected chi connectivity index (χ3v) is 3.56. The molecule has 3 aromatic rings. The van der Waals surface area contributed by atoms with Gasteiger partial charge in [0.2, 0.25) is 5.95 Å². The molecule has 0 atom stereocenters. The fourth-order valence-electron chi connectivity index (χ4n) is 2.19. The van der Waals surface area contributed by atoms with Gasteiger partial charge in [0.25, 0.3) is 5.91 Å². The first-order valence-corrected chi connectivity index (χ1v) is 7.86. The number of pyridine rings is 1. The van der Waals surface area contributed by atoms with Gasteiger partial charge in [0, 0.05) is 30.8 Å². The van der Waals surface area contributed by atoms with Gasteiger partial charge in [-0.25, -0.2) is 9.97 Å². The molecule has 0 aliphatic heterocycles. The zero-order valence-electron chi connectivity index (χ0n) is 13.9. The van der Waals surface area contributed by atoms with Crippen LogP contribution in [0.2, 0.25) is 0 Å². The van der Waals surface area contributed by atoms with E-state index in [0.717, 1.165) is 17.7 Å². The van der Waals surface area contributed by atoms with E-state index in [0.29, 0.717) is 12.2 Å². The largest absolute Gasteiger partial charge is 0.416 e. The van der Waals surface area contributed by atoms with Crippen LogP contribution in [0.3, 0.4) is 0 Å². The lowest BCUT2D eigenvalue weighted by molar-refractivity contribution is -0.137. The summed E-state index contributed by atoms with van der Waals surface area (Å²) in [6.07, 6.45) is 0.235. The highest BCUT2D eigenvalue weighted by Crippen LogP contribution is 2.30. The summed E-state index contributed by atoms with van der Waals surface area (Å²) in [5.41, 5.74) is 0.638. The fourth-order valence-corrected chi connectivity index (χ4v) is 2.19. The fraction of sp³-hybridized carbons (Fsp3) is 0.111. The molecule has 6 nitrogen and oxygen atoms in total. The predicted octanol–water partition coefficient (Wildman–Crippen LogP) is 3.56. The van der Waals surface area contributed by atoms with Gasteiger partial charge in [0.1, 0.15) is 5.69 Å². The zero-order chi connectivity index (χ0) is 19.3. The highest BCUT2D eigenvalue weighted by atomic mass is 19.4. The van der Waals surface area contributed by atoms with E-state index in [1.165, 1.54) is 24.4 Å². The Kier molecular flexibility index (Phi) is 5.30. The summed E-state index contributed by atoms with van der Waals surface area (Å²) >= 11 is 0. The van der Waals surface area contributed by atoms with Crippen LogP contribution in [0.25, 0.3) is 0 Å². The summed E-state index contributed by atoms with van der Waals surface area (Å²) in [4.78, 5) is 24.2. The molecule has 9 heteroatoms. The number of carbonyl (C=O) groups is 1. The number of anilines is 2. The first-order valence-electron chi connectivity index (χ1n) is 7.86. The predicted molar refractivity (Wildman–Crippen MR) is 92.2 cm³/mol. The second kappa shape index (κ2) is 7.81. The van der Waals surface area contributed by atoms with Gasteiger partial charge >= 0.3 is 6.18 Å². The number of hydrogen-bond donors (Lipinski definition) is 2. The van der Waals surface area contributed by atoms with E-state index in [9.17, 15) is 18.0 Å². The normalized spacial score (nSPS) is 11.1. The number of hydrogen-bond acceptors (Lipinski definition) is 5. The van der Waals surface area contributed by atoms with Crippen LogP contribution in [0.4, 0.5) is 24.8 Å². The molecule has 0 aliphatic rings. The van der Waals surface area contributed by atoms with E-state index < -0.39 is 17.6 Å². The maximum atomic E-state index is 12.6. The molecule has 2 N–H and O–H groups in total. The molecule has 0 saturated heterocycles. The average molecular weight is 373 g/mol. The number of rotatable bonds is 5. The van der Waals surface area contributed by atoms with Crippen molar-refractivity contribution in [1.82, 2.24) is 20.3 Å². The number of nitrogens with one attached hydrogen (secondary N) is 2. The number of aromatic nitrogens is 3. The second-order valence-electron chi connectivity index (χ2n) is 5.50. The Morgan fingerprint density at radius 2 is 1.67 bits per heavy atom. The smallest absolute Gasteiger partial charge is 0.347 e. The molecule has 0 aliphatic carbocycles. The van der Waals surface area contributed by atoms with Crippen molar-refractivity contribution in [1.29, 1.82) is 0 Å². The van der Waals surface area contributed by atoms with Crippen LogP contribution < -0.4 is 10.6 Å². The molecule has 1 aromatic carbocycles. The lowest BCUT2D eigenvalue weighted by atomic mass is 10.2. The number of benzene rings is 1. The Labute approximate surface area is 152 Å². The molecule has 0 unspecified atom stereocenters. The standard InChI is InChI=1S/C18H14F3N5O/c19-18(20,21)13-1-3-14(4-2-13)25-17-23-10-7-15(26-17)16(27)24-11-12-5-8-22-9-6-12/h1-10H,11H2,(H,24,27)(H,23,25,26). The molecular formula is C18H14F3N5O. The van der Waals surface area contributed by atoms with Crippen molar-refractivity contribution in [2.45, 2.75) is 12.7 Å². The maximum Gasteiger partial charge on any atom is 0.416 e. The van der Waals surface area contributed by atoms with Crippen LogP contribution in [0.15, 0.2) is 61.1 Å². The van der Waals surface area contributed by atoms with Gasteiger partial charge in [0.15, 0.2) is 0 Å². The minimum Gasteiger partial charge on any atom is -0.347 e. The molecule has 0 bridgehead atoms. The van der Waals surface area contributed by atoms with Gasteiger partial charge in [0.05, 0.1) is 5.56 Å². The molecule has 0 fully saturated rings. The topological polar surface area (TPSA) is 79.8 Å². The number of alkyl halides is 3. The van der Waals surface area contributed by atoms with Gasteiger partial charge in [-0.05, 0) is 48.0 Å². The molecule has 0 saturated carbocycles. The van der Waals surface area contributed by atoms with Gasteiger partial charge in [-0.15, -0.1) is 0 Å². The number of nitrogens with zero attached hydrogens (tertiary/aromatic N) is 3.